The number of methoxy groups -OCH3 is 1. The topological polar surface area (TPSA) is 85.2 Å². The first kappa shape index (κ1) is 18.2. The highest BCUT2D eigenvalue weighted by Crippen LogP contribution is 2.32. The lowest BCUT2D eigenvalue weighted by atomic mass is 10.1. The summed E-state index contributed by atoms with van der Waals surface area (Å²) in [4.78, 5) is 15.3. The van der Waals surface area contributed by atoms with Crippen LogP contribution in [0.3, 0.4) is 0 Å². The van der Waals surface area contributed by atoms with Crippen LogP contribution < -0.4 is 15.0 Å². The molecule has 28 heavy (non-hydrogen) atoms. The Kier molecular flexibility index (Phi) is 5.12. The third-order valence-corrected chi connectivity index (χ3v) is 4.93. The third-order valence-electron chi connectivity index (χ3n) is 4.69. The molecule has 2 heterocycles. The minimum atomic E-state index is -0.298. The van der Waals surface area contributed by atoms with E-state index >= 15 is 0 Å². The second-order valence-corrected chi connectivity index (χ2v) is 6.89. The summed E-state index contributed by atoms with van der Waals surface area (Å²) >= 11 is 6.08. The van der Waals surface area contributed by atoms with Crippen LogP contribution in [0.5, 0.6) is 5.75 Å². The number of carbonyl (C=O) groups is 1. The molecule has 0 unspecified atom stereocenters. The van der Waals surface area contributed by atoms with Gasteiger partial charge in [-0.15, -0.1) is 5.10 Å². The number of tetrazole rings is 1. The largest absolute Gasteiger partial charge is 0.496 e. The van der Waals surface area contributed by atoms with E-state index in [0.717, 1.165) is 37.3 Å². The number of rotatable bonds is 5. The monoisotopic (exact) mass is 398 g/mol. The third kappa shape index (κ3) is 3.63. The van der Waals surface area contributed by atoms with E-state index < -0.39 is 0 Å². The Labute approximate surface area is 167 Å². The zero-order valence-corrected chi connectivity index (χ0v) is 16.1. The van der Waals surface area contributed by atoms with Gasteiger partial charge in [0.2, 0.25) is 0 Å². The molecule has 3 aromatic rings. The summed E-state index contributed by atoms with van der Waals surface area (Å²) in [6, 6.07) is 10.7. The van der Waals surface area contributed by atoms with Crippen LogP contribution in [0.2, 0.25) is 5.02 Å². The van der Waals surface area contributed by atoms with Gasteiger partial charge in [-0.05, 0) is 59.7 Å². The van der Waals surface area contributed by atoms with Crippen LogP contribution in [0.1, 0.15) is 23.2 Å². The van der Waals surface area contributed by atoms with Crippen molar-refractivity contribution in [3.05, 3.63) is 53.3 Å². The van der Waals surface area contributed by atoms with Crippen LogP contribution in [-0.2, 0) is 0 Å². The summed E-state index contributed by atoms with van der Waals surface area (Å²) in [6.45, 7) is 1.90. The Morgan fingerprint density at radius 2 is 2.00 bits per heavy atom. The molecular weight excluding hydrogens is 380 g/mol. The van der Waals surface area contributed by atoms with Gasteiger partial charge in [0.1, 0.15) is 12.1 Å². The predicted molar refractivity (Wildman–Crippen MR) is 107 cm³/mol. The molecule has 0 radical (unpaired) electrons. The fourth-order valence-electron chi connectivity index (χ4n) is 3.33. The van der Waals surface area contributed by atoms with E-state index in [4.69, 9.17) is 16.3 Å². The normalized spacial score (nSPS) is 13.6. The van der Waals surface area contributed by atoms with Crippen molar-refractivity contribution in [2.45, 2.75) is 12.8 Å². The van der Waals surface area contributed by atoms with Crippen LogP contribution in [0.25, 0.3) is 5.69 Å². The summed E-state index contributed by atoms with van der Waals surface area (Å²) < 4.78 is 6.86. The lowest BCUT2D eigenvalue weighted by molar-refractivity contribution is 0.102. The molecule has 1 aliphatic heterocycles. The number of ether oxygens (including phenoxy) is 1. The number of aromatic nitrogens is 4. The Hall–Kier alpha value is -3.13. The zero-order valence-electron chi connectivity index (χ0n) is 15.3. The van der Waals surface area contributed by atoms with Crippen molar-refractivity contribution in [3.8, 4) is 11.4 Å². The molecule has 0 bridgehead atoms. The number of halogens is 1. The minimum absolute atomic E-state index is 0.298. The highest BCUT2D eigenvalue weighted by Gasteiger charge is 2.20. The number of nitrogens with one attached hydrogen (secondary N) is 1. The Morgan fingerprint density at radius 1 is 1.18 bits per heavy atom. The fraction of sp³-hybridized carbons (Fsp3) is 0.263. The van der Waals surface area contributed by atoms with E-state index in [1.807, 2.05) is 18.2 Å². The first-order valence-corrected chi connectivity index (χ1v) is 9.31. The zero-order chi connectivity index (χ0) is 19.5. The molecule has 9 heteroatoms. The van der Waals surface area contributed by atoms with Crippen LogP contribution >= 0.6 is 11.6 Å². The van der Waals surface area contributed by atoms with Crippen LogP contribution in [0.15, 0.2) is 42.7 Å². The predicted octanol–water partition coefficient (Wildman–Crippen LogP) is 3.18. The van der Waals surface area contributed by atoms with E-state index in [9.17, 15) is 4.79 Å². The van der Waals surface area contributed by atoms with Gasteiger partial charge in [0.25, 0.3) is 5.91 Å². The van der Waals surface area contributed by atoms with E-state index in [0.29, 0.717) is 22.0 Å². The van der Waals surface area contributed by atoms with Crippen molar-refractivity contribution in [2.24, 2.45) is 0 Å². The van der Waals surface area contributed by atoms with Crippen molar-refractivity contribution in [1.82, 2.24) is 20.2 Å². The van der Waals surface area contributed by atoms with Crippen molar-refractivity contribution >= 4 is 28.9 Å². The molecule has 144 valence electrons. The lowest BCUT2D eigenvalue weighted by Crippen LogP contribution is -2.21. The van der Waals surface area contributed by atoms with Gasteiger partial charge in [0, 0.05) is 18.1 Å². The van der Waals surface area contributed by atoms with Gasteiger partial charge in [0.05, 0.1) is 29.7 Å². The second kappa shape index (κ2) is 7.85. The van der Waals surface area contributed by atoms with E-state index in [1.165, 1.54) is 13.4 Å². The Balaban J connectivity index is 1.71. The molecule has 1 saturated heterocycles. The summed E-state index contributed by atoms with van der Waals surface area (Å²) in [5, 5.41) is 14.7. The summed E-state index contributed by atoms with van der Waals surface area (Å²) in [7, 11) is 1.52. The standard InChI is InChI=1S/C19H19ClN6O2/c1-28-18-7-4-13(20)10-15(18)19(27)22-16-11-14(26-12-21-23-24-26)5-6-17(16)25-8-2-3-9-25/h4-7,10-12H,2-3,8-9H2,1H3,(H,22,27). The van der Waals surface area contributed by atoms with Gasteiger partial charge >= 0.3 is 0 Å². The molecular formula is C19H19ClN6O2. The number of amides is 1. The number of carbonyl (C=O) groups excluding carboxylic acids is 1. The van der Waals surface area contributed by atoms with E-state index in [1.54, 1.807) is 22.9 Å². The van der Waals surface area contributed by atoms with Gasteiger partial charge in [-0.3, -0.25) is 4.79 Å². The molecule has 1 fully saturated rings. The lowest BCUT2D eigenvalue weighted by Gasteiger charge is -2.22. The van der Waals surface area contributed by atoms with Crippen LogP contribution in [0.4, 0.5) is 11.4 Å². The Morgan fingerprint density at radius 3 is 2.71 bits per heavy atom. The van der Waals surface area contributed by atoms with E-state index in [-0.39, 0.29) is 5.91 Å². The minimum Gasteiger partial charge on any atom is -0.496 e. The molecule has 0 atom stereocenters. The van der Waals surface area contributed by atoms with Gasteiger partial charge < -0.3 is 15.0 Å². The second-order valence-electron chi connectivity index (χ2n) is 6.45. The van der Waals surface area contributed by atoms with Crippen LogP contribution in [-0.4, -0.2) is 46.3 Å². The van der Waals surface area contributed by atoms with Gasteiger partial charge in [0.15, 0.2) is 0 Å². The van der Waals surface area contributed by atoms with Crippen molar-refractivity contribution in [2.75, 3.05) is 30.4 Å². The molecule has 0 saturated carbocycles. The van der Waals surface area contributed by atoms with Crippen molar-refractivity contribution in [1.29, 1.82) is 0 Å². The Bertz CT molecular complexity index is 986. The summed E-state index contributed by atoms with van der Waals surface area (Å²) in [5.74, 6) is 0.162. The maximum absolute atomic E-state index is 13.0. The molecule has 1 aliphatic rings. The molecule has 8 nitrogen and oxygen atoms in total. The van der Waals surface area contributed by atoms with Crippen molar-refractivity contribution < 1.29 is 9.53 Å². The molecule has 1 N–H and O–H groups in total. The first-order valence-electron chi connectivity index (χ1n) is 8.93. The highest BCUT2D eigenvalue weighted by molar-refractivity contribution is 6.31. The van der Waals surface area contributed by atoms with Crippen LogP contribution in [0, 0.1) is 0 Å². The molecule has 2 aromatic carbocycles. The van der Waals surface area contributed by atoms with Gasteiger partial charge in [-0.2, -0.15) is 0 Å². The smallest absolute Gasteiger partial charge is 0.259 e. The molecule has 0 aliphatic carbocycles. The maximum atomic E-state index is 13.0. The van der Waals surface area contributed by atoms with E-state index in [2.05, 4.69) is 25.7 Å². The fourth-order valence-corrected chi connectivity index (χ4v) is 3.50. The number of benzene rings is 2. The number of anilines is 2. The summed E-state index contributed by atoms with van der Waals surface area (Å²) in [6.07, 6.45) is 3.77. The summed E-state index contributed by atoms with van der Waals surface area (Å²) in [5.41, 5.74) is 2.77. The van der Waals surface area contributed by atoms with Crippen molar-refractivity contribution in [3.63, 3.8) is 0 Å². The molecule has 0 spiro atoms. The molecule has 4 rings (SSSR count). The average Bonchev–Trinajstić information content (AvgIpc) is 3.42. The SMILES string of the molecule is COc1ccc(Cl)cc1C(=O)Nc1cc(-n2cnnn2)ccc1N1CCCC1. The number of hydrogen-bond donors (Lipinski definition) is 1. The first-order chi connectivity index (χ1) is 13.7. The number of nitrogens with zero attached hydrogens (tertiary/aromatic N) is 5. The van der Waals surface area contributed by atoms with Gasteiger partial charge in [-0.25, -0.2) is 4.68 Å². The molecule has 1 amide bonds. The van der Waals surface area contributed by atoms with Gasteiger partial charge in [-0.1, -0.05) is 11.6 Å². The highest BCUT2D eigenvalue weighted by atomic mass is 35.5. The quantitative estimate of drug-likeness (QED) is 0.710. The maximum Gasteiger partial charge on any atom is 0.259 e. The molecule has 1 aromatic heterocycles. The number of hydrogen-bond acceptors (Lipinski definition) is 6. The average molecular weight is 399 g/mol.